The van der Waals surface area contributed by atoms with Crippen LogP contribution >= 0.6 is 15.9 Å². The van der Waals surface area contributed by atoms with Crippen molar-refractivity contribution in [3.05, 3.63) is 99.8 Å². The molecule has 0 radical (unpaired) electrons. The molecule has 146 valence electrons. The average molecular weight is 452 g/mol. The van der Waals surface area contributed by atoms with Crippen LogP contribution in [0.3, 0.4) is 0 Å². The Morgan fingerprint density at radius 3 is 2.31 bits per heavy atom. The molecule has 1 aliphatic carbocycles. The normalized spacial score (nSPS) is 12.6. The van der Waals surface area contributed by atoms with Gasteiger partial charge in [-0.2, -0.15) is 0 Å². The number of hydrogen-bond donors (Lipinski definition) is 1. The Balaban J connectivity index is 1.35. The highest BCUT2D eigenvalue weighted by molar-refractivity contribution is 9.10. The summed E-state index contributed by atoms with van der Waals surface area (Å²) in [7, 11) is 0. The van der Waals surface area contributed by atoms with E-state index in [1.54, 1.807) is 24.3 Å². The molecule has 0 fully saturated rings. The summed E-state index contributed by atoms with van der Waals surface area (Å²) >= 11 is 3.31. The van der Waals surface area contributed by atoms with Crippen LogP contribution in [0.5, 0.6) is 0 Å². The SMILES string of the molecule is O=C(NCC=Cc1c(F)cccc1Br)OCC1c2ccccc2-c2ccccc21. The van der Waals surface area contributed by atoms with Crippen molar-refractivity contribution in [2.24, 2.45) is 0 Å². The van der Waals surface area contributed by atoms with Crippen LogP contribution < -0.4 is 5.32 Å². The number of carbonyl (C=O) groups excluding carboxylic acids is 1. The van der Waals surface area contributed by atoms with Gasteiger partial charge < -0.3 is 10.1 Å². The van der Waals surface area contributed by atoms with E-state index in [0.717, 1.165) is 0 Å². The number of nitrogens with one attached hydrogen (secondary N) is 1. The molecule has 3 nitrogen and oxygen atoms in total. The zero-order valence-electron chi connectivity index (χ0n) is 15.6. The van der Waals surface area contributed by atoms with E-state index in [1.165, 1.54) is 28.3 Å². The predicted octanol–water partition coefficient (Wildman–Crippen LogP) is 6.14. The zero-order chi connectivity index (χ0) is 20.2. The van der Waals surface area contributed by atoms with Crippen LogP contribution in [0.2, 0.25) is 0 Å². The highest BCUT2D eigenvalue weighted by Crippen LogP contribution is 2.44. The third-order valence-electron chi connectivity index (χ3n) is 4.99. The smallest absolute Gasteiger partial charge is 0.407 e. The van der Waals surface area contributed by atoms with Crippen LogP contribution in [-0.2, 0) is 4.74 Å². The Bertz CT molecular complexity index is 1010. The molecule has 0 unspecified atom stereocenters. The van der Waals surface area contributed by atoms with Gasteiger partial charge in [0.25, 0.3) is 0 Å². The van der Waals surface area contributed by atoms with Crippen LogP contribution in [0.4, 0.5) is 9.18 Å². The van der Waals surface area contributed by atoms with Crippen molar-refractivity contribution < 1.29 is 13.9 Å². The quantitative estimate of drug-likeness (QED) is 0.505. The summed E-state index contributed by atoms with van der Waals surface area (Å²) < 4.78 is 19.9. The zero-order valence-corrected chi connectivity index (χ0v) is 17.2. The Morgan fingerprint density at radius 1 is 1.00 bits per heavy atom. The number of carbonyl (C=O) groups is 1. The minimum Gasteiger partial charge on any atom is -0.449 e. The molecule has 5 heteroatoms. The minimum absolute atomic E-state index is 0.0260. The molecule has 0 atom stereocenters. The maximum Gasteiger partial charge on any atom is 0.407 e. The van der Waals surface area contributed by atoms with Crippen molar-refractivity contribution in [1.82, 2.24) is 5.32 Å². The summed E-state index contributed by atoms with van der Waals surface area (Å²) in [5, 5.41) is 2.68. The highest BCUT2D eigenvalue weighted by Gasteiger charge is 2.28. The Morgan fingerprint density at radius 2 is 1.66 bits per heavy atom. The maximum atomic E-state index is 13.8. The maximum absolute atomic E-state index is 13.8. The third kappa shape index (κ3) is 4.10. The molecular weight excluding hydrogens is 433 g/mol. The molecular formula is C24H19BrFNO2. The van der Waals surface area contributed by atoms with Crippen molar-refractivity contribution in [3.8, 4) is 11.1 Å². The fraction of sp³-hybridized carbons (Fsp3) is 0.125. The van der Waals surface area contributed by atoms with E-state index >= 15 is 0 Å². The van der Waals surface area contributed by atoms with E-state index in [2.05, 4.69) is 45.5 Å². The van der Waals surface area contributed by atoms with Gasteiger partial charge in [0.15, 0.2) is 0 Å². The first-order valence-electron chi connectivity index (χ1n) is 9.34. The average Bonchev–Trinajstić information content (AvgIpc) is 3.05. The molecule has 29 heavy (non-hydrogen) atoms. The van der Waals surface area contributed by atoms with Gasteiger partial charge in [-0.1, -0.05) is 82.7 Å². The van der Waals surface area contributed by atoms with Gasteiger partial charge in [-0.15, -0.1) is 0 Å². The molecule has 1 amide bonds. The van der Waals surface area contributed by atoms with Gasteiger partial charge in [0.1, 0.15) is 12.4 Å². The van der Waals surface area contributed by atoms with Crippen molar-refractivity contribution in [1.29, 1.82) is 0 Å². The van der Waals surface area contributed by atoms with Crippen molar-refractivity contribution in [2.45, 2.75) is 5.92 Å². The number of fused-ring (bicyclic) bond motifs is 3. The van der Waals surface area contributed by atoms with Gasteiger partial charge >= 0.3 is 6.09 Å². The van der Waals surface area contributed by atoms with E-state index in [-0.39, 0.29) is 24.9 Å². The monoisotopic (exact) mass is 451 g/mol. The summed E-state index contributed by atoms with van der Waals surface area (Å²) in [5.41, 5.74) is 5.17. The van der Waals surface area contributed by atoms with E-state index in [9.17, 15) is 9.18 Å². The number of rotatable bonds is 5. The first-order chi connectivity index (χ1) is 14.1. The van der Waals surface area contributed by atoms with Gasteiger partial charge in [-0.25, -0.2) is 9.18 Å². The summed E-state index contributed by atoms with van der Waals surface area (Å²) in [6, 6.07) is 21.2. The van der Waals surface area contributed by atoms with E-state index < -0.39 is 6.09 Å². The molecule has 3 aromatic carbocycles. The van der Waals surface area contributed by atoms with E-state index in [1.807, 2.05) is 24.3 Å². The lowest BCUT2D eigenvalue weighted by atomic mass is 9.98. The molecule has 1 aliphatic rings. The summed E-state index contributed by atoms with van der Waals surface area (Å²) in [5.74, 6) is -0.296. The first kappa shape index (κ1) is 19.4. The second-order valence-corrected chi connectivity index (χ2v) is 7.60. The predicted molar refractivity (Wildman–Crippen MR) is 116 cm³/mol. The molecule has 1 N–H and O–H groups in total. The Labute approximate surface area is 177 Å². The molecule has 0 aromatic heterocycles. The molecule has 0 heterocycles. The Hall–Kier alpha value is -2.92. The molecule has 4 rings (SSSR count). The second kappa shape index (κ2) is 8.62. The first-order valence-corrected chi connectivity index (χ1v) is 10.1. The molecule has 0 saturated heterocycles. The summed E-state index contributed by atoms with van der Waals surface area (Å²) in [6.45, 7) is 0.514. The van der Waals surface area contributed by atoms with Crippen LogP contribution in [0.25, 0.3) is 17.2 Å². The number of alkyl carbamates (subject to hydrolysis) is 1. The lowest BCUT2D eigenvalue weighted by Crippen LogP contribution is -2.26. The van der Waals surface area contributed by atoms with Crippen molar-refractivity contribution >= 4 is 28.1 Å². The topological polar surface area (TPSA) is 38.3 Å². The van der Waals surface area contributed by atoms with Crippen LogP contribution in [0.15, 0.2) is 77.3 Å². The van der Waals surface area contributed by atoms with Crippen LogP contribution in [0.1, 0.15) is 22.6 Å². The van der Waals surface area contributed by atoms with E-state index in [4.69, 9.17) is 4.74 Å². The standard InChI is InChI=1S/C24H19BrFNO2/c25-22-12-5-13-23(26)20(22)11-6-14-27-24(28)29-15-21-18-9-3-1-7-16(18)17-8-2-4-10-19(17)21/h1-13,21H,14-15H2,(H,27,28). The highest BCUT2D eigenvalue weighted by atomic mass is 79.9. The summed E-state index contributed by atoms with van der Waals surface area (Å²) in [4.78, 5) is 12.1. The molecule has 0 bridgehead atoms. The van der Waals surface area contributed by atoms with Gasteiger partial charge in [-0.3, -0.25) is 0 Å². The second-order valence-electron chi connectivity index (χ2n) is 6.74. The van der Waals surface area contributed by atoms with Gasteiger partial charge in [0.05, 0.1) is 0 Å². The largest absolute Gasteiger partial charge is 0.449 e. The number of amides is 1. The van der Waals surface area contributed by atoms with Gasteiger partial charge in [0, 0.05) is 22.5 Å². The van der Waals surface area contributed by atoms with Crippen molar-refractivity contribution in [3.63, 3.8) is 0 Å². The number of benzene rings is 3. The molecule has 0 spiro atoms. The van der Waals surface area contributed by atoms with Crippen molar-refractivity contribution in [2.75, 3.05) is 13.2 Å². The Kier molecular flexibility index (Phi) is 5.76. The number of halogens is 2. The molecule has 3 aromatic rings. The minimum atomic E-state index is -0.496. The fourth-order valence-electron chi connectivity index (χ4n) is 3.64. The molecule has 0 aliphatic heterocycles. The number of ether oxygens (including phenoxy) is 1. The van der Waals surface area contributed by atoms with Crippen LogP contribution in [0, 0.1) is 5.82 Å². The fourth-order valence-corrected chi connectivity index (χ4v) is 4.11. The lowest BCUT2D eigenvalue weighted by molar-refractivity contribution is 0.144. The molecule has 0 saturated carbocycles. The lowest BCUT2D eigenvalue weighted by Gasteiger charge is -2.14. The van der Waals surface area contributed by atoms with Crippen LogP contribution in [-0.4, -0.2) is 19.2 Å². The van der Waals surface area contributed by atoms with Gasteiger partial charge in [-0.05, 0) is 34.4 Å². The summed E-state index contributed by atoms with van der Waals surface area (Å²) in [6.07, 6.45) is 2.82. The van der Waals surface area contributed by atoms with E-state index in [0.29, 0.717) is 10.0 Å². The van der Waals surface area contributed by atoms with Gasteiger partial charge in [0.2, 0.25) is 0 Å². The number of hydrogen-bond acceptors (Lipinski definition) is 2. The third-order valence-corrected chi connectivity index (χ3v) is 5.68.